The van der Waals surface area contributed by atoms with Crippen LogP contribution in [0.4, 0.5) is 5.69 Å². The van der Waals surface area contributed by atoms with Gasteiger partial charge in [0.1, 0.15) is 11.3 Å². The lowest BCUT2D eigenvalue weighted by Crippen LogP contribution is -2.15. The molecule has 1 heterocycles. The van der Waals surface area contributed by atoms with Gasteiger partial charge in [-0.15, -0.1) is 0 Å². The monoisotopic (exact) mass is 323 g/mol. The van der Waals surface area contributed by atoms with Crippen molar-refractivity contribution in [3.8, 4) is 5.75 Å². The van der Waals surface area contributed by atoms with E-state index in [9.17, 15) is 4.79 Å². The van der Waals surface area contributed by atoms with Gasteiger partial charge in [0.2, 0.25) is 5.91 Å². The molecule has 2 aromatic carbocycles. The second-order valence-corrected chi connectivity index (χ2v) is 6.14. The summed E-state index contributed by atoms with van der Waals surface area (Å²) >= 11 is 0. The number of anilines is 1. The number of nitrogens with one attached hydrogen (secondary N) is 1. The summed E-state index contributed by atoms with van der Waals surface area (Å²) in [7, 11) is 1.59. The third kappa shape index (κ3) is 3.13. The van der Waals surface area contributed by atoms with Gasteiger partial charge in [0, 0.05) is 10.9 Å². The summed E-state index contributed by atoms with van der Waals surface area (Å²) in [6.45, 7) is 6.05. The topological polar surface area (TPSA) is 51.5 Å². The maximum absolute atomic E-state index is 12.5. The molecule has 0 saturated carbocycles. The first-order chi connectivity index (χ1) is 11.5. The van der Waals surface area contributed by atoms with Gasteiger partial charge in [-0.05, 0) is 55.7 Å². The molecule has 0 unspecified atom stereocenters. The number of furan rings is 1. The summed E-state index contributed by atoms with van der Waals surface area (Å²) in [6, 6.07) is 9.80. The summed E-state index contributed by atoms with van der Waals surface area (Å²) in [5.41, 5.74) is 5.73. The van der Waals surface area contributed by atoms with Crippen LogP contribution >= 0.6 is 0 Å². The first kappa shape index (κ1) is 16.1. The highest BCUT2D eigenvalue weighted by atomic mass is 16.5. The van der Waals surface area contributed by atoms with Gasteiger partial charge >= 0.3 is 0 Å². The van der Waals surface area contributed by atoms with E-state index in [-0.39, 0.29) is 12.3 Å². The number of benzene rings is 2. The van der Waals surface area contributed by atoms with Crippen LogP contribution in [0.25, 0.3) is 11.0 Å². The van der Waals surface area contributed by atoms with Gasteiger partial charge in [0.25, 0.3) is 0 Å². The van der Waals surface area contributed by atoms with Crippen LogP contribution in [0.5, 0.6) is 5.75 Å². The van der Waals surface area contributed by atoms with E-state index in [1.807, 2.05) is 45.0 Å². The summed E-state index contributed by atoms with van der Waals surface area (Å²) in [5, 5.41) is 3.95. The van der Waals surface area contributed by atoms with Crippen LogP contribution in [-0.2, 0) is 11.2 Å². The van der Waals surface area contributed by atoms with Gasteiger partial charge in [0.05, 0.1) is 25.5 Å². The minimum Gasteiger partial charge on any atom is -0.495 e. The lowest BCUT2D eigenvalue weighted by Gasteiger charge is -2.11. The average molecular weight is 323 g/mol. The van der Waals surface area contributed by atoms with Crippen LogP contribution in [0.2, 0.25) is 0 Å². The molecule has 1 aromatic heterocycles. The summed E-state index contributed by atoms with van der Waals surface area (Å²) in [4.78, 5) is 12.5. The molecule has 24 heavy (non-hydrogen) atoms. The normalized spacial score (nSPS) is 10.8. The number of methoxy groups -OCH3 is 1. The van der Waals surface area contributed by atoms with Crippen LogP contribution in [0.15, 0.2) is 41.0 Å². The van der Waals surface area contributed by atoms with Crippen molar-refractivity contribution in [2.75, 3.05) is 12.4 Å². The Bertz CT molecular complexity index is 909. The molecule has 0 radical (unpaired) electrons. The highest BCUT2D eigenvalue weighted by Gasteiger charge is 2.14. The molecule has 0 aliphatic carbocycles. The number of carbonyl (C=O) groups excluding carboxylic acids is 1. The van der Waals surface area contributed by atoms with Crippen LogP contribution < -0.4 is 10.1 Å². The fourth-order valence-electron chi connectivity index (χ4n) is 3.04. The summed E-state index contributed by atoms with van der Waals surface area (Å²) in [5.74, 6) is 0.555. The quantitative estimate of drug-likeness (QED) is 0.766. The minimum atomic E-state index is -0.0958. The molecule has 4 nitrogen and oxygen atoms in total. The molecule has 3 aromatic rings. The van der Waals surface area contributed by atoms with E-state index in [2.05, 4.69) is 11.4 Å². The van der Waals surface area contributed by atoms with Gasteiger partial charge < -0.3 is 14.5 Å². The van der Waals surface area contributed by atoms with E-state index in [1.54, 1.807) is 13.4 Å². The Morgan fingerprint density at radius 1 is 1.12 bits per heavy atom. The van der Waals surface area contributed by atoms with Crippen molar-refractivity contribution in [2.24, 2.45) is 0 Å². The highest BCUT2D eigenvalue weighted by Crippen LogP contribution is 2.28. The van der Waals surface area contributed by atoms with Gasteiger partial charge in [-0.1, -0.05) is 12.1 Å². The van der Waals surface area contributed by atoms with Crippen LogP contribution in [0, 0.1) is 20.8 Å². The molecule has 1 amide bonds. The van der Waals surface area contributed by atoms with Crippen molar-refractivity contribution in [3.05, 3.63) is 58.8 Å². The van der Waals surface area contributed by atoms with Crippen LogP contribution in [0.3, 0.4) is 0 Å². The number of fused-ring (bicyclic) bond motifs is 1. The van der Waals surface area contributed by atoms with Gasteiger partial charge in [-0.3, -0.25) is 4.79 Å². The minimum absolute atomic E-state index is 0.0958. The molecule has 0 bridgehead atoms. The van der Waals surface area contributed by atoms with Crippen molar-refractivity contribution in [1.29, 1.82) is 0 Å². The van der Waals surface area contributed by atoms with E-state index in [4.69, 9.17) is 9.15 Å². The van der Waals surface area contributed by atoms with Crippen molar-refractivity contribution < 1.29 is 13.9 Å². The number of ether oxygens (including phenoxy) is 1. The van der Waals surface area contributed by atoms with Crippen molar-refractivity contribution in [1.82, 2.24) is 0 Å². The number of amides is 1. The molecular formula is C20H21NO3. The Morgan fingerprint density at radius 2 is 1.92 bits per heavy atom. The molecule has 0 atom stereocenters. The van der Waals surface area contributed by atoms with E-state index in [1.165, 1.54) is 0 Å². The van der Waals surface area contributed by atoms with Crippen molar-refractivity contribution >= 4 is 22.6 Å². The van der Waals surface area contributed by atoms with E-state index < -0.39 is 0 Å². The smallest absolute Gasteiger partial charge is 0.229 e. The lowest BCUT2D eigenvalue weighted by atomic mass is 10.0. The Morgan fingerprint density at radius 3 is 2.67 bits per heavy atom. The highest BCUT2D eigenvalue weighted by molar-refractivity contribution is 5.97. The fraction of sp³-hybridized carbons (Fsp3) is 0.250. The first-order valence-corrected chi connectivity index (χ1v) is 7.89. The Hall–Kier alpha value is -2.75. The largest absolute Gasteiger partial charge is 0.495 e. The second kappa shape index (κ2) is 6.40. The number of aryl methyl sites for hydroxylation is 3. The van der Waals surface area contributed by atoms with Gasteiger partial charge in [-0.25, -0.2) is 0 Å². The number of carbonyl (C=O) groups is 1. The molecule has 4 heteroatoms. The van der Waals surface area contributed by atoms with Crippen molar-refractivity contribution in [3.63, 3.8) is 0 Å². The Balaban J connectivity index is 1.85. The summed E-state index contributed by atoms with van der Waals surface area (Å²) in [6.07, 6.45) is 1.93. The SMILES string of the molecule is COc1ccc(C)cc1NC(=O)Cc1coc2cc(C)cc(C)c12. The predicted octanol–water partition coefficient (Wildman–Crippen LogP) is 4.55. The van der Waals surface area contributed by atoms with Gasteiger partial charge in [-0.2, -0.15) is 0 Å². The Labute approximate surface area is 141 Å². The number of rotatable bonds is 4. The third-order valence-corrected chi connectivity index (χ3v) is 4.07. The number of hydrogen-bond donors (Lipinski definition) is 1. The second-order valence-electron chi connectivity index (χ2n) is 6.14. The maximum atomic E-state index is 12.5. The molecule has 3 rings (SSSR count). The summed E-state index contributed by atoms with van der Waals surface area (Å²) < 4.78 is 10.9. The third-order valence-electron chi connectivity index (χ3n) is 4.07. The maximum Gasteiger partial charge on any atom is 0.229 e. The predicted molar refractivity (Wildman–Crippen MR) is 95.8 cm³/mol. The molecular weight excluding hydrogens is 302 g/mol. The zero-order valence-corrected chi connectivity index (χ0v) is 14.4. The molecule has 0 saturated heterocycles. The molecule has 1 N–H and O–H groups in total. The zero-order valence-electron chi connectivity index (χ0n) is 14.4. The van der Waals surface area contributed by atoms with E-state index in [0.29, 0.717) is 11.4 Å². The molecule has 0 fully saturated rings. The zero-order chi connectivity index (χ0) is 17.3. The molecule has 0 spiro atoms. The van der Waals surface area contributed by atoms with Crippen molar-refractivity contribution in [2.45, 2.75) is 27.2 Å². The molecule has 0 aliphatic heterocycles. The average Bonchev–Trinajstić information content (AvgIpc) is 2.90. The fourth-order valence-corrected chi connectivity index (χ4v) is 3.04. The standard InChI is InChI=1S/C20H21NO3/c1-12-5-6-17(23-4)16(8-12)21-19(22)10-15-11-24-18-9-13(2)7-14(3)20(15)18/h5-9,11H,10H2,1-4H3,(H,21,22). The molecule has 124 valence electrons. The Kier molecular flexibility index (Phi) is 4.30. The van der Waals surface area contributed by atoms with Crippen LogP contribution in [-0.4, -0.2) is 13.0 Å². The van der Waals surface area contributed by atoms with Crippen LogP contribution in [0.1, 0.15) is 22.3 Å². The number of hydrogen-bond acceptors (Lipinski definition) is 3. The molecule has 0 aliphatic rings. The lowest BCUT2D eigenvalue weighted by molar-refractivity contribution is -0.115. The van der Waals surface area contributed by atoms with E-state index in [0.717, 1.165) is 33.2 Å². The first-order valence-electron chi connectivity index (χ1n) is 7.89. The van der Waals surface area contributed by atoms with Gasteiger partial charge in [0.15, 0.2) is 0 Å². The van der Waals surface area contributed by atoms with E-state index >= 15 is 0 Å².